The second-order valence-electron chi connectivity index (χ2n) is 8.33. The molecule has 0 saturated heterocycles. The third-order valence-corrected chi connectivity index (χ3v) is 5.34. The molecule has 10 N–H and O–H groups in total. The van der Waals surface area contributed by atoms with E-state index < -0.39 is 18.2 Å². The zero-order chi connectivity index (χ0) is 24.9. The maximum Gasteiger partial charge on any atom is 0.505 e. The summed E-state index contributed by atoms with van der Waals surface area (Å²) in [7, 11) is 0. The van der Waals surface area contributed by atoms with Crippen molar-refractivity contribution in [3.05, 3.63) is 0 Å². The molecule has 0 aromatic rings. The van der Waals surface area contributed by atoms with Gasteiger partial charge in [0, 0.05) is 6.54 Å². The average molecular weight is 475 g/mol. The Balaban J connectivity index is 4.93. The summed E-state index contributed by atoms with van der Waals surface area (Å²) < 4.78 is 4.64. The number of nitrogens with zero attached hydrogens (tertiary/aromatic N) is 1. The van der Waals surface area contributed by atoms with Crippen LogP contribution in [0.25, 0.3) is 0 Å². The molecule has 0 aliphatic rings. The van der Waals surface area contributed by atoms with Crippen LogP contribution < -0.4 is 28.3 Å². The number of nitrogens with one attached hydrogen (secondary N) is 1. The Bertz CT molecular complexity index is 537. The number of carboxylic acid groups (broad SMARTS) is 1. The highest BCUT2D eigenvalue weighted by Gasteiger charge is 2.24. The fourth-order valence-corrected chi connectivity index (χ4v) is 3.46. The van der Waals surface area contributed by atoms with E-state index >= 15 is 0 Å². The Morgan fingerprint density at radius 3 is 1.97 bits per heavy atom. The van der Waals surface area contributed by atoms with Crippen molar-refractivity contribution in [2.75, 3.05) is 39.3 Å². The van der Waals surface area contributed by atoms with E-state index in [4.69, 9.17) is 28.0 Å². The molecule has 0 fully saturated rings. The molecular weight excluding hydrogens is 428 g/mol. The van der Waals surface area contributed by atoms with E-state index in [0.29, 0.717) is 39.0 Å². The van der Waals surface area contributed by atoms with Gasteiger partial charge in [-0.1, -0.05) is 32.1 Å². The topological polar surface area (TPSA) is 200 Å². The van der Waals surface area contributed by atoms with Crippen LogP contribution in [-0.4, -0.2) is 79.4 Å². The van der Waals surface area contributed by atoms with Crippen molar-refractivity contribution >= 4 is 18.0 Å². The maximum absolute atomic E-state index is 12.9. The van der Waals surface area contributed by atoms with Gasteiger partial charge >= 0.3 is 6.16 Å². The molecule has 0 rings (SSSR count). The van der Waals surface area contributed by atoms with Crippen molar-refractivity contribution in [2.45, 2.75) is 82.7 Å². The first-order valence-electron chi connectivity index (χ1n) is 12.1. The first-order chi connectivity index (χ1) is 15.8. The average Bonchev–Trinajstić information content (AvgIpc) is 2.78. The van der Waals surface area contributed by atoms with Crippen LogP contribution in [0.3, 0.4) is 0 Å². The third kappa shape index (κ3) is 17.2. The summed E-state index contributed by atoms with van der Waals surface area (Å²) in [6.45, 7) is 1.87. The lowest BCUT2D eigenvalue weighted by molar-refractivity contribution is -0.137. The molecule has 0 radical (unpaired) electrons. The monoisotopic (exact) mass is 474 g/mol. The standard InChI is InChI=1S/C22H46N6O5/c23-12-6-2-1-3-9-15-28(21(30)19(26)11-5-8-14-25)16-20(29)27-18(10-4-7-13-24)17-33-22(31)32/h18-19H,1-17,23-26H2,(H,27,29)(H,31,32)/t18-,19+/m0/s1. The van der Waals surface area contributed by atoms with Crippen LogP contribution in [0, 0.1) is 0 Å². The normalized spacial score (nSPS) is 12.7. The fraction of sp³-hybridized carbons (Fsp3) is 0.864. The van der Waals surface area contributed by atoms with E-state index in [-0.39, 0.29) is 25.0 Å². The second-order valence-corrected chi connectivity index (χ2v) is 8.33. The molecule has 0 heterocycles. The van der Waals surface area contributed by atoms with Gasteiger partial charge in [0.05, 0.1) is 18.6 Å². The van der Waals surface area contributed by atoms with Crippen molar-refractivity contribution in [3.8, 4) is 0 Å². The second kappa shape index (κ2) is 20.6. The lowest BCUT2D eigenvalue weighted by atomic mass is 10.1. The molecule has 2 amide bonds. The Kier molecular flexibility index (Phi) is 19.4. The predicted octanol–water partition coefficient (Wildman–Crippen LogP) is 0.489. The van der Waals surface area contributed by atoms with Gasteiger partial charge in [-0.25, -0.2) is 4.79 Å². The predicted molar refractivity (Wildman–Crippen MR) is 128 cm³/mol. The van der Waals surface area contributed by atoms with Crippen LogP contribution in [0.1, 0.15) is 70.6 Å². The maximum atomic E-state index is 12.9. The molecular formula is C22H46N6O5. The Hall–Kier alpha value is -1.95. The molecule has 33 heavy (non-hydrogen) atoms. The number of hydrogen-bond donors (Lipinski definition) is 6. The lowest BCUT2D eigenvalue weighted by Gasteiger charge is -2.27. The van der Waals surface area contributed by atoms with E-state index in [1.54, 1.807) is 0 Å². The quantitative estimate of drug-likeness (QED) is 0.101. The molecule has 0 aliphatic carbocycles. The fourth-order valence-electron chi connectivity index (χ4n) is 3.46. The van der Waals surface area contributed by atoms with Crippen LogP contribution in [0.2, 0.25) is 0 Å². The zero-order valence-electron chi connectivity index (χ0n) is 20.0. The van der Waals surface area contributed by atoms with Gasteiger partial charge in [0.2, 0.25) is 11.8 Å². The molecule has 0 unspecified atom stereocenters. The Labute approximate surface area is 197 Å². The van der Waals surface area contributed by atoms with Crippen molar-refractivity contribution in [1.82, 2.24) is 10.2 Å². The molecule has 0 aliphatic heterocycles. The summed E-state index contributed by atoms with van der Waals surface area (Å²) in [6, 6.07) is -1.16. The summed E-state index contributed by atoms with van der Waals surface area (Å²) in [6.07, 6.45) is 7.39. The van der Waals surface area contributed by atoms with Gasteiger partial charge in [0.15, 0.2) is 0 Å². The molecule has 0 spiro atoms. The smallest absolute Gasteiger partial charge is 0.450 e. The molecule has 2 atom stereocenters. The van der Waals surface area contributed by atoms with Crippen LogP contribution in [0.4, 0.5) is 4.79 Å². The molecule has 0 saturated carbocycles. The van der Waals surface area contributed by atoms with Gasteiger partial charge in [0.25, 0.3) is 0 Å². The minimum Gasteiger partial charge on any atom is -0.450 e. The van der Waals surface area contributed by atoms with Crippen LogP contribution >= 0.6 is 0 Å². The van der Waals surface area contributed by atoms with Crippen LogP contribution in [0.15, 0.2) is 0 Å². The van der Waals surface area contributed by atoms with Gasteiger partial charge in [0.1, 0.15) is 6.61 Å². The zero-order valence-corrected chi connectivity index (χ0v) is 20.0. The molecule has 11 nitrogen and oxygen atoms in total. The molecule has 0 bridgehead atoms. The number of unbranched alkanes of at least 4 members (excludes halogenated alkanes) is 6. The first kappa shape index (κ1) is 31.0. The third-order valence-electron chi connectivity index (χ3n) is 5.34. The van der Waals surface area contributed by atoms with Crippen molar-refractivity contribution in [1.29, 1.82) is 0 Å². The summed E-state index contributed by atoms with van der Waals surface area (Å²) in [5.41, 5.74) is 22.6. The minimum atomic E-state index is -1.40. The number of ether oxygens (including phenoxy) is 1. The number of nitrogens with two attached hydrogens (primary N) is 4. The van der Waals surface area contributed by atoms with E-state index in [1.165, 1.54) is 4.90 Å². The van der Waals surface area contributed by atoms with Crippen molar-refractivity contribution in [2.24, 2.45) is 22.9 Å². The van der Waals surface area contributed by atoms with Gasteiger partial charge in [-0.05, 0) is 58.2 Å². The first-order valence-corrected chi connectivity index (χ1v) is 12.1. The van der Waals surface area contributed by atoms with Crippen LogP contribution in [0.5, 0.6) is 0 Å². The number of carbonyl (C=O) groups excluding carboxylic acids is 2. The molecule has 0 aromatic carbocycles. The molecule has 11 heteroatoms. The summed E-state index contributed by atoms with van der Waals surface area (Å²) in [5.74, 6) is -0.627. The SMILES string of the molecule is NCCCCCCCN(CC(=O)N[C@@H](CCCCN)COC(=O)O)C(=O)[C@H](N)CCCCN. The minimum absolute atomic E-state index is 0.132. The highest BCUT2D eigenvalue weighted by molar-refractivity contribution is 5.87. The Morgan fingerprint density at radius 2 is 1.36 bits per heavy atom. The molecule has 194 valence electrons. The van der Waals surface area contributed by atoms with Crippen molar-refractivity contribution in [3.63, 3.8) is 0 Å². The summed E-state index contributed by atoms with van der Waals surface area (Å²) in [5, 5.41) is 11.6. The molecule has 0 aromatic heterocycles. The number of carbonyl (C=O) groups is 3. The largest absolute Gasteiger partial charge is 0.505 e. The Morgan fingerprint density at radius 1 is 0.818 bits per heavy atom. The van der Waals surface area contributed by atoms with E-state index in [0.717, 1.165) is 57.8 Å². The number of amides is 2. The van der Waals surface area contributed by atoms with Crippen molar-refractivity contribution < 1.29 is 24.2 Å². The van der Waals surface area contributed by atoms with E-state index in [9.17, 15) is 14.4 Å². The highest BCUT2D eigenvalue weighted by atomic mass is 16.7. The van der Waals surface area contributed by atoms with Gasteiger partial charge in [-0.2, -0.15) is 0 Å². The lowest BCUT2D eigenvalue weighted by Crippen LogP contribution is -2.50. The summed E-state index contributed by atoms with van der Waals surface area (Å²) in [4.78, 5) is 37.9. The summed E-state index contributed by atoms with van der Waals surface area (Å²) >= 11 is 0. The van der Waals surface area contributed by atoms with E-state index in [1.807, 2.05) is 0 Å². The number of rotatable bonds is 21. The van der Waals surface area contributed by atoms with Crippen LogP contribution in [-0.2, 0) is 14.3 Å². The van der Waals surface area contributed by atoms with E-state index in [2.05, 4.69) is 10.1 Å². The highest BCUT2D eigenvalue weighted by Crippen LogP contribution is 2.08. The van der Waals surface area contributed by atoms with Gasteiger partial charge in [-0.3, -0.25) is 9.59 Å². The number of hydrogen-bond acceptors (Lipinski definition) is 8. The van der Waals surface area contributed by atoms with Gasteiger partial charge in [-0.15, -0.1) is 0 Å². The van der Waals surface area contributed by atoms with Gasteiger partial charge < -0.3 is 43.0 Å².